The van der Waals surface area contributed by atoms with Gasteiger partial charge < -0.3 is 10.1 Å². The summed E-state index contributed by atoms with van der Waals surface area (Å²) in [6, 6.07) is 8.22. The van der Waals surface area contributed by atoms with Gasteiger partial charge in [0.1, 0.15) is 0 Å². The first-order chi connectivity index (χ1) is 7.88. The number of hydrogen-bond donors (Lipinski definition) is 1. The highest BCUT2D eigenvalue weighted by atomic mass is 32.1. The van der Waals surface area contributed by atoms with E-state index in [0.717, 1.165) is 17.9 Å². The lowest BCUT2D eigenvalue weighted by Gasteiger charge is -2.06. The summed E-state index contributed by atoms with van der Waals surface area (Å²) in [5, 5.41) is 5.38. The topological polar surface area (TPSA) is 34.1 Å². The Morgan fingerprint density at radius 3 is 3.12 bits per heavy atom. The summed E-state index contributed by atoms with van der Waals surface area (Å²) in [6.45, 7) is 1.41. The van der Waals surface area contributed by atoms with Crippen LogP contribution in [0.5, 0.6) is 0 Å². The second kappa shape index (κ2) is 5.63. The molecule has 84 valence electrons. The number of rotatable bonds is 5. The molecule has 0 atom stereocenters. The van der Waals surface area contributed by atoms with E-state index in [2.05, 4.69) is 22.4 Å². The molecule has 1 heterocycles. The lowest BCUT2D eigenvalue weighted by Crippen LogP contribution is -2.00. The van der Waals surface area contributed by atoms with Crippen molar-refractivity contribution < 1.29 is 4.74 Å². The fraction of sp³-hybridized carbons (Fsp3) is 0.250. The van der Waals surface area contributed by atoms with Crippen molar-refractivity contribution in [3.05, 3.63) is 46.4 Å². The zero-order valence-corrected chi connectivity index (χ0v) is 9.96. The predicted molar refractivity (Wildman–Crippen MR) is 66.6 cm³/mol. The average molecular weight is 234 g/mol. The van der Waals surface area contributed by atoms with Crippen LogP contribution in [0, 0.1) is 0 Å². The first kappa shape index (κ1) is 11.1. The van der Waals surface area contributed by atoms with Gasteiger partial charge in [-0.05, 0) is 17.7 Å². The van der Waals surface area contributed by atoms with E-state index in [4.69, 9.17) is 4.74 Å². The zero-order valence-electron chi connectivity index (χ0n) is 9.14. The standard InChI is InChI=1S/C12H14N2OS/c1-15-7-10-3-2-4-11(5-10)13-6-12-8-16-9-14-12/h2-5,8-9,13H,6-7H2,1H3. The van der Waals surface area contributed by atoms with Crippen LogP contribution in [0.2, 0.25) is 0 Å². The number of benzene rings is 1. The van der Waals surface area contributed by atoms with E-state index in [1.165, 1.54) is 5.56 Å². The molecule has 0 aliphatic carbocycles. The van der Waals surface area contributed by atoms with Crippen LogP contribution in [0.25, 0.3) is 0 Å². The minimum absolute atomic E-state index is 0.645. The molecule has 2 aromatic rings. The van der Waals surface area contributed by atoms with Crippen LogP contribution in [0.3, 0.4) is 0 Å². The van der Waals surface area contributed by atoms with E-state index >= 15 is 0 Å². The summed E-state index contributed by atoms with van der Waals surface area (Å²) in [6.07, 6.45) is 0. The average Bonchev–Trinajstić information content (AvgIpc) is 2.80. The van der Waals surface area contributed by atoms with Crippen LogP contribution in [0.1, 0.15) is 11.3 Å². The second-order valence-electron chi connectivity index (χ2n) is 3.47. The molecule has 0 amide bonds. The highest BCUT2D eigenvalue weighted by Gasteiger charge is 1.97. The molecule has 0 saturated carbocycles. The largest absolute Gasteiger partial charge is 0.380 e. The maximum Gasteiger partial charge on any atom is 0.0795 e. The van der Waals surface area contributed by atoms with Crippen molar-refractivity contribution >= 4 is 17.0 Å². The Bertz CT molecular complexity index is 428. The van der Waals surface area contributed by atoms with Crippen molar-refractivity contribution in [2.75, 3.05) is 12.4 Å². The Morgan fingerprint density at radius 1 is 1.44 bits per heavy atom. The maximum atomic E-state index is 5.09. The third-order valence-electron chi connectivity index (χ3n) is 2.20. The Balaban J connectivity index is 1.96. The minimum atomic E-state index is 0.645. The fourth-order valence-electron chi connectivity index (χ4n) is 1.46. The molecule has 1 aromatic heterocycles. The molecule has 0 aliphatic rings. The molecule has 0 spiro atoms. The van der Waals surface area contributed by atoms with Crippen molar-refractivity contribution in [1.29, 1.82) is 0 Å². The Kier molecular flexibility index (Phi) is 3.91. The first-order valence-corrected chi connectivity index (χ1v) is 6.01. The maximum absolute atomic E-state index is 5.09. The van der Waals surface area contributed by atoms with Crippen molar-refractivity contribution in [2.24, 2.45) is 0 Å². The number of aromatic nitrogens is 1. The third-order valence-corrected chi connectivity index (χ3v) is 2.83. The van der Waals surface area contributed by atoms with Crippen LogP contribution in [-0.4, -0.2) is 12.1 Å². The Hall–Kier alpha value is -1.39. The Morgan fingerprint density at radius 2 is 2.38 bits per heavy atom. The summed E-state index contributed by atoms with van der Waals surface area (Å²) < 4.78 is 5.09. The summed E-state index contributed by atoms with van der Waals surface area (Å²) in [4.78, 5) is 4.22. The van der Waals surface area contributed by atoms with Gasteiger partial charge in [0.05, 0.1) is 24.4 Å². The molecule has 0 unspecified atom stereocenters. The molecular weight excluding hydrogens is 220 g/mol. The normalized spacial score (nSPS) is 10.3. The van der Waals surface area contributed by atoms with Crippen LogP contribution in [0.15, 0.2) is 35.2 Å². The molecule has 0 aliphatic heterocycles. The van der Waals surface area contributed by atoms with Gasteiger partial charge in [-0.1, -0.05) is 12.1 Å². The van der Waals surface area contributed by atoms with Crippen LogP contribution in [0.4, 0.5) is 5.69 Å². The van der Waals surface area contributed by atoms with Crippen molar-refractivity contribution in [3.63, 3.8) is 0 Å². The van der Waals surface area contributed by atoms with Gasteiger partial charge in [0.25, 0.3) is 0 Å². The molecular formula is C12H14N2OS. The van der Waals surface area contributed by atoms with E-state index in [-0.39, 0.29) is 0 Å². The van der Waals surface area contributed by atoms with E-state index in [1.807, 2.05) is 23.0 Å². The Labute approximate surface area is 99.1 Å². The zero-order chi connectivity index (χ0) is 11.2. The van der Waals surface area contributed by atoms with Gasteiger partial charge in [-0.25, -0.2) is 4.98 Å². The highest BCUT2D eigenvalue weighted by Crippen LogP contribution is 2.12. The molecule has 0 radical (unpaired) electrons. The van der Waals surface area contributed by atoms with E-state index in [9.17, 15) is 0 Å². The van der Waals surface area contributed by atoms with E-state index in [1.54, 1.807) is 18.4 Å². The number of thiazole rings is 1. The van der Waals surface area contributed by atoms with E-state index in [0.29, 0.717) is 6.61 Å². The SMILES string of the molecule is COCc1cccc(NCc2cscn2)c1. The van der Waals surface area contributed by atoms with E-state index < -0.39 is 0 Å². The second-order valence-corrected chi connectivity index (χ2v) is 4.19. The van der Waals surface area contributed by atoms with Crippen molar-refractivity contribution in [1.82, 2.24) is 4.98 Å². The van der Waals surface area contributed by atoms with Gasteiger partial charge in [-0.2, -0.15) is 0 Å². The molecule has 0 fully saturated rings. The number of anilines is 1. The molecule has 16 heavy (non-hydrogen) atoms. The van der Waals surface area contributed by atoms with Crippen molar-refractivity contribution in [2.45, 2.75) is 13.2 Å². The van der Waals surface area contributed by atoms with Gasteiger partial charge in [0, 0.05) is 18.2 Å². The summed E-state index contributed by atoms with van der Waals surface area (Å²) in [5.41, 5.74) is 5.19. The fourth-order valence-corrected chi connectivity index (χ4v) is 2.01. The van der Waals surface area contributed by atoms with Gasteiger partial charge in [0.15, 0.2) is 0 Å². The lowest BCUT2D eigenvalue weighted by molar-refractivity contribution is 0.185. The predicted octanol–water partition coefficient (Wildman–Crippen LogP) is 2.90. The van der Waals surface area contributed by atoms with Gasteiger partial charge in [-0.3, -0.25) is 0 Å². The first-order valence-electron chi connectivity index (χ1n) is 5.07. The van der Waals surface area contributed by atoms with Gasteiger partial charge >= 0.3 is 0 Å². The minimum Gasteiger partial charge on any atom is -0.380 e. The van der Waals surface area contributed by atoms with Crippen molar-refractivity contribution in [3.8, 4) is 0 Å². The summed E-state index contributed by atoms with van der Waals surface area (Å²) in [5.74, 6) is 0. The smallest absolute Gasteiger partial charge is 0.0795 e. The molecule has 3 nitrogen and oxygen atoms in total. The van der Waals surface area contributed by atoms with Crippen LogP contribution in [-0.2, 0) is 17.9 Å². The highest BCUT2D eigenvalue weighted by molar-refractivity contribution is 7.07. The lowest BCUT2D eigenvalue weighted by atomic mass is 10.2. The molecule has 1 aromatic carbocycles. The summed E-state index contributed by atoms with van der Waals surface area (Å²) >= 11 is 1.61. The number of nitrogens with zero attached hydrogens (tertiary/aromatic N) is 1. The number of hydrogen-bond acceptors (Lipinski definition) is 4. The summed E-state index contributed by atoms with van der Waals surface area (Å²) in [7, 11) is 1.70. The van der Waals surface area contributed by atoms with Crippen LogP contribution >= 0.6 is 11.3 Å². The quantitative estimate of drug-likeness (QED) is 0.863. The number of nitrogens with one attached hydrogen (secondary N) is 1. The van der Waals surface area contributed by atoms with Gasteiger partial charge in [0.2, 0.25) is 0 Å². The third kappa shape index (κ3) is 3.05. The monoisotopic (exact) mass is 234 g/mol. The molecule has 0 bridgehead atoms. The molecule has 0 saturated heterocycles. The molecule has 2 rings (SSSR count). The molecule has 1 N–H and O–H groups in total. The number of methoxy groups -OCH3 is 1. The van der Waals surface area contributed by atoms with Gasteiger partial charge in [-0.15, -0.1) is 11.3 Å². The molecule has 4 heteroatoms. The number of ether oxygens (including phenoxy) is 1. The van der Waals surface area contributed by atoms with Crippen LogP contribution < -0.4 is 5.32 Å².